The number of allylic oxidation sites excluding steroid dienone is 1. The number of likely N-dealkylation sites (tertiary alicyclic amines) is 1. The highest BCUT2D eigenvalue weighted by Crippen LogP contribution is 2.63. The topological polar surface area (TPSA) is 96.4 Å². The maximum absolute atomic E-state index is 14.3. The Morgan fingerprint density at radius 3 is 2.63 bits per heavy atom. The maximum atomic E-state index is 14.3. The van der Waals surface area contributed by atoms with Crippen LogP contribution in [0, 0.1) is 11.8 Å². The van der Waals surface area contributed by atoms with Gasteiger partial charge in [0.2, 0.25) is 11.8 Å². The fourth-order valence-electron chi connectivity index (χ4n) is 6.88. The summed E-state index contributed by atoms with van der Waals surface area (Å²) in [5.41, 5.74) is -1.88. The minimum Gasteiger partial charge on any atom is -0.465 e. The molecule has 38 heavy (non-hydrogen) atoms. The van der Waals surface area contributed by atoms with Gasteiger partial charge in [0, 0.05) is 25.7 Å². The van der Waals surface area contributed by atoms with E-state index in [1.165, 1.54) is 0 Å². The van der Waals surface area contributed by atoms with Crippen molar-refractivity contribution < 1.29 is 29.0 Å². The number of amides is 2. The molecule has 2 amide bonds. The molecule has 3 saturated heterocycles. The molecule has 3 rings (SSSR count). The third kappa shape index (κ3) is 5.71. The molecule has 8 nitrogen and oxygen atoms in total. The summed E-state index contributed by atoms with van der Waals surface area (Å²) in [4.78, 5) is 45.3. The summed E-state index contributed by atoms with van der Waals surface area (Å²) in [6.07, 6.45) is 11.0. The molecule has 214 valence electrons. The van der Waals surface area contributed by atoms with Crippen LogP contribution in [0.15, 0.2) is 25.3 Å². The number of esters is 1. The molecule has 0 aromatic rings. The molecule has 3 heterocycles. The molecule has 3 aliphatic rings. The second-order valence-corrected chi connectivity index (χ2v) is 11.4. The number of aliphatic hydroxyl groups excluding tert-OH is 1. The molecule has 1 N–H and O–H groups in total. The molecule has 3 fully saturated rings. The number of fused-ring (bicyclic) bond motifs is 1. The molecule has 0 aromatic carbocycles. The second-order valence-electron chi connectivity index (χ2n) is 11.4. The van der Waals surface area contributed by atoms with Crippen molar-refractivity contribution in [2.75, 3.05) is 26.3 Å². The predicted octanol–water partition coefficient (Wildman–Crippen LogP) is 4.02. The average molecular weight is 533 g/mol. The van der Waals surface area contributed by atoms with Crippen LogP contribution >= 0.6 is 0 Å². The van der Waals surface area contributed by atoms with Gasteiger partial charge in [0.1, 0.15) is 17.6 Å². The van der Waals surface area contributed by atoms with Gasteiger partial charge in [-0.2, -0.15) is 0 Å². The minimum absolute atomic E-state index is 0.0159. The summed E-state index contributed by atoms with van der Waals surface area (Å²) < 4.78 is 12.4. The van der Waals surface area contributed by atoms with Gasteiger partial charge >= 0.3 is 5.97 Å². The van der Waals surface area contributed by atoms with E-state index in [0.717, 1.165) is 38.5 Å². The Morgan fingerprint density at radius 2 is 1.97 bits per heavy atom. The SMILES string of the molecule is C=CCCCCOC(=O)[C@H]1[C@H]2C(=O)N(CCCCCO)C(C(=O)N(CC=C)C(C)CCC)C23CC[C@]1(C)O3. The predicted molar refractivity (Wildman–Crippen MR) is 146 cm³/mol. The van der Waals surface area contributed by atoms with Gasteiger partial charge in [-0.05, 0) is 71.6 Å². The van der Waals surface area contributed by atoms with E-state index in [1.807, 2.05) is 24.8 Å². The van der Waals surface area contributed by atoms with E-state index < -0.39 is 35.0 Å². The van der Waals surface area contributed by atoms with E-state index in [4.69, 9.17) is 9.47 Å². The number of nitrogens with zero attached hydrogens (tertiary/aromatic N) is 2. The van der Waals surface area contributed by atoms with Crippen molar-refractivity contribution in [3.8, 4) is 0 Å². The van der Waals surface area contributed by atoms with E-state index in [2.05, 4.69) is 20.1 Å². The van der Waals surface area contributed by atoms with Crippen LogP contribution in [-0.4, -0.2) is 82.3 Å². The van der Waals surface area contributed by atoms with Crippen molar-refractivity contribution in [3.05, 3.63) is 25.3 Å². The van der Waals surface area contributed by atoms with E-state index in [-0.39, 0.29) is 24.5 Å². The lowest BCUT2D eigenvalue weighted by Crippen LogP contribution is -2.58. The zero-order valence-electron chi connectivity index (χ0n) is 23.7. The van der Waals surface area contributed by atoms with Crippen molar-refractivity contribution in [2.24, 2.45) is 11.8 Å². The lowest BCUT2D eigenvalue weighted by molar-refractivity contribution is -0.160. The number of rotatable bonds is 17. The van der Waals surface area contributed by atoms with Crippen molar-refractivity contribution in [1.29, 1.82) is 0 Å². The smallest absolute Gasteiger partial charge is 0.312 e. The standard InChI is InChI=1S/C30H48N2O6/c1-6-9-10-14-21-37-28(36)24-23-26(34)32(19-12-11-13-20-33)25(30(23)17-16-29(24,5)38-30)27(35)31(18-8-3)22(4)15-7-2/h6,8,22-25,33H,1,3,7,9-21H2,2,4-5H3/t22?,23-,24+,25?,29-,30?/m0/s1. The summed E-state index contributed by atoms with van der Waals surface area (Å²) in [7, 11) is 0. The van der Waals surface area contributed by atoms with Crippen molar-refractivity contribution >= 4 is 17.8 Å². The zero-order valence-corrected chi connectivity index (χ0v) is 23.7. The fraction of sp³-hybridized carbons (Fsp3) is 0.767. The minimum atomic E-state index is -1.04. The second kappa shape index (κ2) is 13.2. The van der Waals surface area contributed by atoms with Crippen LogP contribution in [0.1, 0.15) is 85.0 Å². The Morgan fingerprint density at radius 1 is 1.21 bits per heavy atom. The summed E-state index contributed by atoms with van der Waals surface area (Å²) in [5.74, 6) is -2.19. The Labute approximate surface area is 228 Å². The van der Waals surface area contributed by atoms with Gasteiger partial charge in [0.15, 0.2) is 0 Å². The molecule has 3 unspecified atom stereocenters. The highest BCUT2D eigenvalue weighted by atomic mass is 16.6. The van der Waals surface area contributed by atoms with E-state index in [1.54, 1.807) is 11.0 Å². The largest absolute Gasteiger partial charge is 0.465 e. The first kappa shape index (κ1) is 30.4. The highest BCUT2D eigenvalue weighted by molar-refractivity contribution is 5.98. The molecule has 2 bridgehead atoms. The van der Waals surface area contributed by atoms with Crippen LogP contribution in [0.2, 0.25) is 0 Å². The first-order valence-electron chi connectivity index (χ1n) is 14.5. The number of hydrogen-bond acceptors (Lipinski definition) is 6. The summed E-state index contributed by atoms with van der Waals surface area (Å²) in [6, 6.07) is -0.807. The first-order valence-corrected chi connectivity index (χ1v) is 14.5. The van der Waals surface area contributed by atoms with Crippen molar-refractivity contribution in [1.82, 2.24) is 9.80 Å². The summed E-state index contributed by atoms with van der Waals surface area (Å²) in [5, 5.41) is 9.23. The first-order chi connectivity index (χ1) is 18.2. The third-order valence-electron chi connectivity index (χ3n) is 8.72. The zero-order chi connectivity index (χ0) is 27.9. The quantitative estimate of drug-likeness (QED) is 0.173. The monoisotopic (exact) mass is 532 g/mol. The number of ether oxygens (including phenoxy) is 2. The molecule has 8 heteroatoms. The molecular weight excluding hydrogens is 484 g/mol. The van der Waals surface area contributed by atoms with Gasteiger partial charge in [-0.3, -0.25) is 14.4 Å². The Kier molecular flexibility index (Phi) is 10.6. The highest BCUT2D eigenvalue weighted by Gasteiger charge is 2.78. The lowest BCUT2D eigenvalue weighted by atomic mass is 9.66. The van der Waals surface area contributed by atoms with Crippen LogP contribution in [0.25, 0.3) is 0 Å². The van der Waals surface area contributed by atoms with Gasteiger partial charge in [0.05, 0.1) is 18.1 Å². The fourth-order valence-corrected chi connectivity index (χ4v) is 6.88. The van der Waals surface area contributed by atoms with Crippen LogP contribution in [0.3, 0.4) is 0 Å². The van der Waals surface area contributed by atoms with Gasteiger partial charge in [-0.25, -0.2) is 0 Å². The number of aliphatic hydroxyl groups is 1. The molecule has 0 aliphatic carbocycles. The molecule has 0 radical (unpaired) electrons. The Balaban J connectivity index is 1.93. The summed E-state index contributed by atoms with van der Waals surface area (Å²) in [6.45, 7) is 14.8. The third-order valence-corrected chi connectivity index (χ3v) is 8.72. The lowest BCUT2D eigenvalue weighted by Gasteiger charge is -2.39. The van der Waals surface area contributed by atoms with Crippen LogP contribution in [-0.2, 0) is 23.9 Å². The van der Waals surface area contributed by atoms with Gasteiger partial charge in [-0.15, -0.1) is 13.2 Å². The molecule has 3 aliphatic heterocycles. The van der Waals surface area contributed by atoms with Crippen molar-refractivity contribution in [3.63, 3.8) is 0 Å². The van der Waals surface area contributed by atoms with E-state index >= 15 is 0 Å². The molecular formula is C30H48N2O6. The van der Waals surface area contributed by atoms with E-state index in [9.17, 15) is 19.5 Å². The maximum Gasteiger partial charge on any atom is 0.312 e. The van der Waals surface area contributed by atoms with E-state index in [0.29, 0.717) is 45.4 Å². The normalized spacial score (nSPS) is 30.3. The average Bonchev–Trinajstić information content (AvgIpc) is 3.45. The van der Waals surface area contributed by atoms with Crippen LogP contribution in [0.5, 0.6) is 0 Å². The molecule has 1 spiro atoms. The van der Waals surface area contributed by atoms with Crippen molar-refractivity contribution in [2.45, 2.75) is 108 Å². The molecule has 0 saturated carbocycles. The Bertz CT molecular complexity index is 877. The number of carbonyl (C=O) groups excluding carboxylic acids is 3. The Hall–Kier alpha value is -2.19. The van der Waals surface area contributed by atoms with Gasteiger partial charge < -0.3 is 24.4 Å². The van der Waals surface area contributed by atoms with Gasteiger partial charge in [0.25, 0.3) is 0 Å². The molecule has 0 aromatic heterocycles. The molecule has 6 atom stereocenters. The number of carbonyl (C=O) groups is 3. The van der Waals surface area contributed by atoms with Crippen LogP contribution < -0.4 is 0 Å². The van der Waals surface area contributed by atoms with Gasteiger partial charge in [-0.1, -0.05) is 25.5 Å². The summed E-state index contributed by atoms with van der Waals surface area (Å²) >= 11 is 0. The number of unbranched alkanes of at least 4 members (excludes halogenated alkanes) is 4. The number of hydrogen-bond donors (Lipinski definition) is 1. The van der Waals surface area contributed by atoms with Crippen LogP contribution in [0.4, 0.5) is 0 Å².